The van der Waals surface area contributed by atoms with Crippen LogP contribution in [0.4, 0.5) is 0 Å². The Hall–Kier alpha value is -2.48. The Labute approximate surface area is 194 Å². The molecule has 1 aliphatic heterocycles. The van der Waals surface area contributed by atoms with Gasteiger partial charge in [0.05, 0.1) is 10.9 Å². The minimum Gasteiger partial charge on any atom is -0.344 e. The van der Waals surface area contributed by atoms with Gasteiger partial charge in [-0.25, -0.2) is 8.42 Å². The predicted molar refractivity (Wildman–Crippen MR) is 128 cm³/mol. The molecule has 2 aromatic carbocycles. The maximum Gasteiger partial charge on any atom is 0.243 e. The van der Waals surface area contributed by atoms with E-state index in [-0.39, 0.29) is 11.9 Å². The lowest BCUT2D eigenvalue weighted by Crippen LogP contribution is -2.29. The number of nitrogens with zero attached hydrogens (tertiary/aromatic N) is 1. The first kappa shape index (κ1) is 22.7. The standard InChI is InChI=1S/C25H28N2O3S2/c1-19-6-11-21(12-7-19)25(23-5-4-18-31-23)26-24(28)15-10-20-8-13-22(14-9-20)32(29,30)27-16-2-3-17-27/h4-9,11-14,18,25H,2-3,10,15-17H2,1H3,(H,26,28). The maximum absolute atomic E-state index is 12.8. The zero-order valence-corrected chi connectivity index (χ0v) is 19.8. The van der Waals surface area contributed by atoms with Crippen molar-refractivity contribution in [2.45, 2.75) is 43.5 Å². The molecule has 1 unspecified atom stereocenters. The van der Waals surface area contributed by atoms with Gasteiger partial charge in [0, 0.05) is 24.4 Å². The molecule has 0 aliphatic carbocycles. The summed E-state index contributed by atoms with van der Waals surface area (Å²) >= 11 is 1.63. The van der Waals surface area contributed by atoms with Crippen molar-refractivity contribution in [3.63, 3.8) is 0 Å². The predicted octanol–water partition coefficient (Wildman–Crippen LogP) is 4.68. The molecule has 1 aliphatic rings. The first-order valence-electron chi connectivity index (χ1n) is 10.9. The number of carbonyl (C=O) groups excluding carboxylic acids is 1. The second kappa shape index (κ2) is 9.98. The Morgan fingerprint density at radius 1 is 1.03 bits per heavy atom. The SMILES string of the molecule is Cc1ccc(C(NC(=O)CCc2ccc(S(=O)(=O)N3CCCC3)cc2)c2cccs2)cc1. The van der Waals surface area contributed by atoms with Crippen LogP contribution in [0.25, 0.3) is 0 Å². The summed E-state index contributed by atoms with van der Waals surface area (Å²) in [4.78, 5) is 14.2. The highest BCUT2D eigenvalue weighted by atomic mass is 32.2. The van der Waals surface area contributed by atoms with Crippen LogP contribution in [0.3, 0.4) is 0 Å². The van der Waals surface area contributed by atoms with Crippen LogP contribution in [-0.2, 0) is 21.2 Å². The molecule has 7 heteroatoms. The molecule has 1 N–H and O–H groups in total. The molecule has 2 heterocycles. The molecular weight excluding hydrogens is 440 g/mol. The molecule has 1 aromatic heterocycles. The van der Waals surface area contributed by atoms with E-state index in [1.54, 1.807) is 27.8 Å². The molecule has 1 atom stereocenters. The van der Waals surface area contributed by atoms with E-state index in [1.165, 1.54) is 5.56 Å². The Bertz CT molecular complexity index is 1130. The summed E-state index contributed by atoms with van der Waals surface area (Å²) in [6.07, 6.45) is 2.73. The second-order valence-electron chi connectivity index (χ2n) is 8.18. The van der Waals surface area contributed by atoms with E-state index in [0.717, 1.165) is 28.8 Å². The fourth-order valence-corrected chi connectivity index (χ4v) is 6.25. The molecule has 4 rings (SSSR count). The first-order valence-corrected chi connectivity index (χ1v) is 13.2. The molecule has 0 bridgehead atoms. The topological polar surface area (TPSA) is 66.5 Å². The molecule has 3 aromatic rings. The third kappa shape index (κ3) is 5.28. The normalized spacial score (nSPS) is 15.5. The van der Waals surface area contributed by atoms with Crippen molar-refractivity contribution < 1.29 is 13.2 Å². The Kier molecular flexibility index (Phi) is 7.08. The lowest BCUT2D eigenvalue weighted by molar-refractivity contribution is -0.121. The van der Waals surface area contributed by atoms with Gasteiger partial charge in [0.15, 0.2) is 0 Å². The van der Waals surface area contributed by atoms with Crippen LogP contribution < -0.4 is 5.32 Å². The molecule has 32 heavy (non-hydrogen) atoms. The number of carbonyl (C=O) groups is 1. The molecule has 1 saturated heterocycles. The lowest BCUT2D eigenvalue weighted by Gasteiger charge is -2.18. The highest BCUT2D eigenvalue weighted by molar-refractivity contribution is 7.89. The van der Waals surface area contributed by atoms with E-state index in [4.69, 9.17) is 0 Å². The summed E-state index contributed by atoms with van der Waals surface area (Å²) in [6, 6.07) is 19.0. The maximum atomic E-state index is 12.8. The minimum absolute atomic E-state index is 0.0299. The van der Waals surface area contributed by atoms with Crippen molar-refractivity contribution in [1.82, 2.24) is 9.62 Å². The average molecular weight is 469 g/mol. The number of hydrogen-bond donors (Lipinski definition) is 1. The van der Waals surface area contributed by atoms with Crippen LogP contribution in [0.2, 0.25) is 0 Å². The fourth-order valence-electron chi connectivity index (χ4n) is 3.93. The average Bonchev–Trinajstić information content (AvgIpc) is 3.52. The summed E-state index contributed by atoms with van der Waals surface area (Å²) in [6.45, 7) is 3.23. The molecule has 0 saturated carbocycles. The molecule has 1 amide bonds. The molecule has 0 radical (unpaired) electrons. The number of nitrogens with one attached hydrogen (secondary N) is 1. The van der Waals surface area contributed by atoms with Crippen LogP contribution in [0, 0.1) is 6.92 Å². The minimum atomic E-state index is -3.41. The third-order valence-electron chi connectivity index (χ3n) is 5.81. The van der Waals surface area contributed by atoms with Gasteiger partial charge >= 0.3 is 0 Å². The fraction of sp³-hybridized carbons (Fsp3) is 0.320. The van der Waals surface area contributed by atoms with Gasteiger partial charge in [-0.1, -0.05) is 48.0 Å². The first-order chi connectivity index (χ1) is 15.4. The van der Waals surface area contributed by atoms with Crippen molar-refractivity contribution in [3.05, 3.63) is 87.6 Å². The van der Waals surface area contributed by atoms with Crippen LogP contribution in [-0.4, -0.2) is 31.7 Å². The zero-order valence-electron chi connectivity index (χ0n) is 18.2. The smallest absolute Gasteiger partial charge is 0.243 e. The number of thiophene rings is 1. The van der Waals surface area contributed by atoms with E-state index in [2.05, 4.69) is 29.6 Å². The zero-order chi connectivity index (χ0) is 22.6. The second-order valence-corrected chi connectivity index (χ2v) is 11.1. The van der Waals surface area contributed by atoms with Crippen molar-refractivity contribution in [2.75, 3.05) is 13.1 Å². The largest absolute Gasteiger partial charge is 0.344 e. The van der Waals surface area contributed by atoms with E-state index in [1.807, 2.05) is 36.6 Å². The Morgan fingerprint density at radius 3 is 2.34 bits per heavy atom. The number of sulfonamides is 1. The summed E-state index contributed by atoms with van der Waals surface area (Å²) in [5.41, 5.74) is 3.19. The molecular formula is C25H28N2O3S2. The van der Waals surface area contributed by atoms with Crippen LogP contribution >= 0.6 is 11.3 Å². The number of amides is 1. The Balaban J connectivity index is 1.39. The summed E-state index contributed by atoms with van der Waals surface area (Å²) in [7, 11) is -3.41. The highest BCUT2D eigenvalue weighted by Gasteiger charge is 2.27. The van der Waals surface area contributed by atoms with Crippen LogP contribution in [0.1, 0.15) is 46.9 Å². The quantitative estimate of drug-likeness (QED) is 0.522. The van der Waals surface area contributed by atoms with Crippen molar-refractivity contribution in [2.24, 2.45) is 0 Å². The van der Waals surface area contributed by atoms with Gasteiger partial charge in [0.25, 0.3) is 0 Å². The van der Waals surface area contributed by atoms with Crippen LogP contribution in [0.15, 0.2) is 70.9 Å². The third-order valence-corrected chi connectivity index (χ3v) is 8.66. The Morgan fingerprint density at radius 2 is 1.72 bits per heavy atom. The van der Waals surface area contributed by atoms with Crippen molar-refractivity contribution >= 4 is 27.3 Å². The summed E-state index contributed by atoms with van der Waals surface area (Å²) < 4.78 is 26.9. The summed E-state index contributed by atoms with van der Waals surface area (Å²) in [5.74, 6) is -0.0299. The summed E-state index contributed by atoms with van der Waals surface area (Å²) in [5, 5.41) is 5.18. The van der Waals surface area contributed by atoms with Gasteiger partial charge in [-0.2, -0.15) is 4.31 Å². The molecule has 5 nitrogen and oxygen atoms in total. The molecule has 1 fully saturated rings. The van der Waals surface area contributed by atoms with Gasteiger partial charge in [0.1, 0.15) is 0 Å². The van der Waals surface area contributed by atoms with Gasteiger partial charge in [-0.3, -0.25) is 4.79 Å². The number of benzene rings is 2. The van der Waals surface area contributed by atoms with Gasteiger partial charge < -0.3 is 5.32 Å². The van der Waals surface area contributed by atoms with Crippen LogP contribution in [0.5, 0.6) is 0 Å². The number of rotatable bonds is 8. The highest BCUT2D eigenvalue weighted by Crippen LogP contribution is 2.27. The molecule has 168 valence electrons. The number of hydrogen-bond acceptors (Lipinski definition) is 4. The molecule has 0 spiro atoms. The van der Waals surface area contributed by atoms with E-state index < -0.39 is 10.0 Å². The van der Waals surface area contributed by atoms with Gasteiger partial charge in [-0.05, 0) is 60.9 Å². The van der Waals surface area contributed by atoms with E-state index in [0.29, 0.717) is 30.8 Å². The van der Waals surface area contributed by atoms with E-state index in [9.17, 15) is 13.2 Å². The lowest BCUT2D eigenvalue weighted by atomic mass is 10.0. The monoisotopic (exact) mass is 468 g/mol. The van der Waals surface area contributed by atoms with Gasteiger partial charge in [-0.15, -0.1) is 11.3 Å². The number of aryl methyl sites for hydroxylation is 2. The van der Waals surface area contributed by atoms with Crippen molar-refractivity contribution in [1.29, 1.82) is 0 Å². The van der Waals surface area contributed by atoms with Gasteiger partial charge in [0.2, 0.25) is 15.9 Å². The van der Waals surface area contributed by atoms with E-state index >= 15 is 0 Å². The van der Waals surface area contributed by atoms with Crippen molar-refractivity contribution in [3.8, 4) is 0 Å².